The van der Waals surface area contributed by atoms with Crippen molar-refractivity contribution in [2.45, 2.75) is 33.7 Å². The monoisotopic (exact) mass is 287 g/mol. The summed E-state index contributed by atoms with van der Waals surface area (Å²) in [5, 5.41) is 17.4. The van der Waals surface area contributed by atoms with Gasteiger partial charge in [-0.2, -0.15) is 9.78 Å². The number of aromatic nitrogens is 2. The molecule has 0 spiro atoms. The molecule has 0 saturated carbocycles. The summed E-state index contributed by atoms with van der Waals surface area (Å²) in [4.78, 5) is 12.1. The summed E-state index contributed by atoms with van der Waals surface area (Å²) in [7, 11) is 0. The van der Waals surface area contributed by atoms with Crippen LogP contribution in [0.25, 0.3) is 5.69 Å². The van der Waals surface area contributed by atoms with E-state index in [-0.39, 0.29) is 11.3 Å². The van der Waals surface area contributed by atoms with Crippen LogP contribution in [-0.2, 0) is 6.54 Å². The molecular formula is C16H21N3O2. The zero-order chi connectivity index (χ0) is 15.4. The highest BCUT2D eigenvalue weighted by atomic mass is 16.3. The van der Waals surface area contributed by atoms with Gasteiger partial charge in [0.05, 0.1) is 5.69 Å². The van der Waals surface area contributed by atoms with E-state index in [2.05, 4.69) is 17.3 Å². The lowest BCUT2D eigenvalue weighted by molar-refractivity contribution is 0.451. The van der Waals surface area contributed by atoms with E-state index in [9.17, 15) is 9.90 Å². The Bertz CT molecular complexity index is 692. The average molecular weight is 287 g/mol. The maximum absolute atomic E-state index is 12.1. The maximum Gasteiger partial charge on any atom is 0.275 e. The van der Waals surface area contributed by atoms with E-state index < -0.39 is 0 Å². The fourth-order valence-electron chi connectivity index (χ4n) is 2.11. The van der Waals surface area contributed by atoms with Crippen LogP contribution in [0.5, 0.6) is 5.75 Å². The fraction of sp³-hybridized carbons (Fsp3) is 0.375. The normalized spacial score (nSPS) is 10.8. The number of benzene rings is 1. The third-order valence-corrected chi connectivity index (χ3v) is 3.30. The minimum absolute atomic E-state index is 0.0647. The Morgan fingerprint density at radius 3 is 2.76 bits per heavy atom. The number of aromatic hydroxyl groups is 1. The second-order valence-corrected chi connectivity index (χ2v) is 5.19. The van der Waals surface area contributed by atoms with E-state index in [0.29, 0.717) is 12.2 Å². The van der Waals surface area contributed by atoms with E-state index in [1.54, 1.807) is 0 Å². The predicted molar refractivity (Wildman–Crippen MR) is 83.0 cm³/mol. The van der Waals surface area contributed by atoms with Crippen molar-refractivity contribution < 1.29 is 5.11 Å². The molecule has 1 aromatic carbocycles. The minimum Gasteiger partial charge on any atom is -0.506 e. The lowest BCUT2D eigenvalue weighted by Crippen LogP contribution is -2.24. The van der Waals surface area contributed by atoms with E-state index in [4.69, 9.17) is 0 Å². The van der Waals surface area contributed by atoms with Gasteiger partial charge in [0.15, 0.2) is 0 Å². The van der Waals surface area contributed by atoms with Gasteiger partial charge in [-0.3, -0.25) is 4.79 Å². The summed E-state index contributed by atoms with van der Waals surface area (Å²) >= 11 is 0. The number of aryl methyl sites for hydroxylation is 2. The smallest absolute Gasteiger partial charge is 0.275 e. The Labute approximate surface area is 124 Å². The van der Waals surface area contributed by atoms with E-state index in [0.717, 1.165) is 29.8 Å². The summed E-state index contributed by atoms with van der Waals surface area (Å²) in [5.41, 5.74) is 2.91. The fourth-order valence-corrected chi connectivity index (χ4v) is 2.11. The number of nitrogens with one attached hydrogen (secondary N) is 1. The van der Waals surface area contributed by atoms with Crippen LogP contribution >= 0.6 is 0 Å². The van der Waals surface area contributed by atoms with Crippen LogP contribution in [0.15, 0.2) is 29.1 Å². The maximum atomic E-state index is 12.1. The van der Waals surface area contributed by atoms with Gasteiger partial charge in [0.1, 0.15) is 11.4 Å². The van der Waals surface area contributed by atoms with Gasteiger partial charge in [-0.05, 0) is 44.0 Å². The van der Waals surface area contributed by atoms with Crippen LogP contribution < -0.4 is 10.9 Å². The molecule has 0 bridgehead atoms. The SMILES string of the molecule is CCCNCc1nn(-c2cc(C)ccc2C)c(=O)cc1O. The lowest BCUT2D eigenvalue weighted by Gasteiger charge is -2.12. The topological polar surface area (TPSA) is 67.2 Å². The molecule has 0 saturated heterocycles. The van der Waals surface area contributed by atoms with Crippen LogP contribution in [0.1, 0.15) is 30.2 Å². The van der Waals surface area contributed by atoms with Crippen LogP contribution in [0.3, 0.4) is 0 Å². The molecule has 2 aromatic rings. The minimum atomic E-state index is -0.333. The number of hydrogen-bond donors (Lipinski definition) is 2. The summed E-state index contributed by atoms with van der Waals surface area (Å²) in [6.07, 6.45) is 0.997. The first-order chi connectivity index (χ1) is 10.0. The van der Waals surface area contributed by atoms with Crippen LogP contribution in [0.4, 0.5) is 0 Å². The van der Waals surface area contributed by atoms with Crippen molar-refractivity contribution in [3.8, 4) is 11.4 Å². The quantitative estimate of drug-likeness (QED) is 0.826. The Morgan fingerprint density at radius 2 is 2.05 bits per heavy atom. The molecule has 0 amide bonds. The molecule has 2 rings (SSSR count). The Kier molecular flexibility index (Phi) is 4.75. The molecule has 0 unspecified atom stereocenters. The first-order valence-corrected chi connectivity index (χ1v) is 7.13. The zero-order valence-electron chi connectivity index (χ0n) is 12.7. The molecule has 5 nitrogen and oxygen atoms in total. The number of rotatable bonds is 5. The molecule has 21 heavy (non-hydrogen) atoms. The van der Waals surface area contributed by atoms with Gasteiger partial charge in [0.2, 0.25) is 0 Å². The van der Waals surface area contributed by atoms with Gasteiger partial charge in [0.25, 0.3) is 5.56 Å². The summed E-state index contributed by atoms with van der Waals surface area (Å²) < 4.78 is 1.35. The summed E-state index contributed by atoms with van der Waals surface area (Å²) in [6, 6.07) is 7.09. The van der Waals surface area contributed by atoms with Crippen molar-refractivity contribution in [1.29, 1.82) is 0 Å². The first kappa shape index (κ1) is 15.3. The largest absolute Gasteiger partial charge is 0.506 e. The standard InChI is InChI=1S/C16H21N3O2/c1-4-7-17-10-13-15(20)9-16(21)19(18-13)14-8-11(2)5-6-12(14)3/h5-6,8-9,17,20H,4,7,10H2,1-3H3. The van der Waals surface area contributed by atoms with Crippen molar-refractivity contribution in [2.75, 3.05) is 6.54 Å². The Hall–Kier alpha value is -2.14. The first-order valence-electron chi connectivity index (χ1n) is 7.13. The molecule has 0 aliphatic carbocycles. The summed E-state index contributed by atoms with van der Waals surface area (Å²) in [6.45, 7) is 7.24. The van der Waals surface area contributed by atoms with Crippen molar-refractivity contribution >= 4 is 0 Å². The molecule has 0 fully saturated rings. The molecule has 0 aliphatic rings. The molecule has 2 N–H and O–H groups in total. The van der Waals surface area contributed by atoms with E-state index in [1.807, 2.05) is 32.0 Å². The highest BCUT2D eigenvalue weighted by Gasteiger charge is 2.11. The van der Waals surface area contributed by atoms with Crippen molar-refractivity contribution in [3.63, 3.8) is 0 Å². The molecule has 0 aliphatic heterocycles. The van der Waals surface area contributed by atoms with Crippen LogP contribution in [0, 0.1) is 13.8 Å². The van der Waals surface area contributed by atoms with Gasteiger partial charge in [-0.25, -0.2) is 0 Å². The highest BCUT2D eigenvalue weighted by Crippen LogP contribution is 2.16. The van der Waals surface area contributed by atoms with Crippen LogP contribution in [0.2, 0.25) is 0 Å². The van der Waals surface area contributed by atoms with Gasteiger partial charge in [-0.15, -0.1) is 0 Å². The molecular weight excluding hydrogens is 266 g/mol. The van der Waals surface area contributed by atoms with Gasteiger partial charge in [-0.1, -0.05) is 19.1 Å². The molecule has 0 atom stereocenters. The Morgan fingerprint density at radius 1 is 1.29 bits per heavy atom. The van der Waals surface area contributed by atoms with Gasteiger partial charge < -0.3 is 10.4 Å². The van der Waals surface area contributed by atoms with Gasteiger partial charge in [0, 0.05) is 12.6 Å². The van der Waals surface area contributed by atoms with E-state index in [1.165, 1.54) is 10.7 Å². The third kappa shape index (κ3) is 3.49. The van der Waals surface area contributed by atoms with Crippen molar-refractivity contribution in [1.82, 2.24) is 15.1 Å². The van der Waals surface area contributed by atoms with Crippen LogP contribution in [-0.4, -0.2) is 21.4 Å². The van der Waals surface area contributed by atoms with E-state index >= 15 is 0 Å². The molecule has 0 radical (unpaired) electrons. The average Bonchev–Trinajstić information content (AvgIpc) is 2.44. The van der Waals surface area contributed by atoms with Crippen molar-refractivity contribution in [3.05, 3.63) is 51.4 Å². The van der Waals surface area contributed by atoms with Gasteiger partial charge >= 0.3 is 0 Å². The molecule has 5 heteroatoms. The second kappa shape index (κ2) is 6.54. The summed E-state index contributed by atoms with van der Waals surface area (Å²) in [5.74, 6) is -0.0647. The zero-order valence-corrected chi connectivity index (χ0v) is 12.7. The third-order valence-electron chi connectivity index (χ3n) is 3.30. The number of nitrogens with zero attached hydrogens (tertiary/aromatic N) is 2. The lowest BCUT2D eigenvalue weighted by atomic mass is 10.1. The highest BCUT2D eigenvalue weighted by molar-refractivity contribution is 5.43. The molecule has 1 heterocycles. The van der Waals surface area contributed by atoms with Crippen molar-refractivity contribution in [2.24, 2.45) is 0 Å². The Balaban J connectivity index is 2.46. The second-order valence-electron chi connectivity index (χ2n) is 5.19. The number of hydrogen-bond acceptors (Lipinski definition) is 4. The predicted octanol–water partition coefficient (Wildman–Crippen LogP) is 2.05. The molecule has 1 aromatic heterocycles. The molecule has 112 valence electrons.